The highest BCUT2D eigenvalue weighted by Gasteiger charge is 2.47. The van der Waals surface area contributed by atoms with Gasteiger partial charge in [-0.3, -0.25) is 0 Å². The van der Waals surface area contributed by atoms with Gasteiger partial charge in [0.1, 0.15) is 11.4 Å². The van der Waals surface area contributed by atoms with Gasteiger partial charge in [-0.2, -0.15) is 5.43 Å². The van der Waals surface area contributed by atoms with E-state index in [0.717, 1.165) is 22.6 Å². The lowest BCUT2D eigenvalue weighted by atomic mass is 9.92. The highest BCUT2D eigenvalue weighted by molar-refractivity contribution is 6.30. The number of benzene rings is 2. The van der Waals surface area contributed by atoms with Gasteiger partial charge in [-0.15, -0.1) is 0 Å². The van der Waals surface area contributed by atoms with Gasteiger partial charge in [0.2, 0.25) is 0 Å². The quantitative estimate of drug-likeness (QED) is 0.844. The maximum absolute atomic E-state index is 12.5. The number of anilines is 1. The molecule has 1 fully saturated rings. The second kappa shape index (κ2) is 5.15. The maximum atomic E-state index is 12.5. The Balaban J connectivity index is 1.74. The van der Waals surface area contributed by atoms with Crippen LogP contribution in [0, 0.1) is 6.92 Å². The number of aryl methyl sites for hydroxylation is 1. The van der Waals surface area contributed by atoms with Crippen molar-refractivity contribution in [1.82, 2.24) is 10.7 Å². The molecule has 2 aromatic carbocycles. The SMILES string of the molecule is Cc1ccc2c(c1)C1(CCO2)NC(=O)N(c2ccc(Cl)cc2)N1. The predicted molar refractivity (Wildman–Crippen MR) is 88.6 cm³/mol. The lowest BCUT2D eigenvalue weighted by Gasteiger charge is -2.35. The first-order valence-corrected chi connectivity index (χ1v) is 7.85. The molecule has 6 heteroatoms. The predicted octanol–water partition coefficient (Wildman–Crippen LogP) is 3.32. The fourth-order valence-electron chi connectivity index (χ4n) is 3.08. The van der Waals surface area contributed by atoms with Crippen LogP contribution < -0.4 is 20.5 Å². The Morgan fingerprint density at radius 1 is 1.22 bits per heavy atom. The number of carbonyl (C=O) groups is 1. The molecule has 0 saturated carbocycles. The minimum absolute atomic E-state index is 0.193. The van der Waals surface area contributed by atoms with Gasteiger partial charge in [-0.25, -0.2) is 9.80 Å². The smallest absolute Gasteiger partial charge is 0.338 e. The highest BCUT2D eigenvalue weighted by atomic mass is 35.5. The van der Waals surface area contributed by atoms with Gasteiger partial charge in [0.25, 0.3) is 0 Å². The van der Waals surface area contributed by atoms with E-state index in [9.17, 15) is 4.79 Å². The van der Waals surface area contributed by atoms with Gasteiger partial charge in [0.15, 0.2) is 0 Å². The Morgan fingerprint density at radius 2 is 2.00 bits per heavy atom. The molecule has 1 spiro atoms. The third-order valence-electron chi connectivity index (χ3n) is 4.24. The van der Waals surface area contributed by atoms with Crippen molar-refractivity contribution < 1.29 is 9.53 Å². The molecule has 5 nitrogen and oxygen atoms in total. The Kier molecular flexibility index (Phi) is 3.21. The van der Waals surface area contributed by atoms with Crippen LogP contribution in [0.5, 0.6) is 5.75 Å². The molecular formula is C17H16ClN3O2. The number of urea groups is 1. The molecule has 0 radical (unpaired) electrons. The highest BCUT2D eigenvalue weighted by Crippen LogP contribution is 2.39. The second-order valence-electron chi connectivity index (χ2n) is 5.86. The van der Waals surface area contributed by atoms with E-state index >= 15 is 0 Å². The molecule has 23 heavy (non-hydrogen) atoms. The molecular weight excluding hydrogens is 314 g/mol. The van der Waals surface area contributed by atoms with E-state index in [-0.39, 0.29) is 6.03 Å². The second-order valence-corrected chi connectivity index (χ2v) is 6.29. The Morgan fingerprint density at radius 3 is 2.78 bits per heavy atom. The summed E-state index contributed by atoms with van der Waals surface area (Å²) in [6.45, 7) is 2.56. The first-order valence-electron chi connectivity index (χ1n) is 7.47. The third kappa shape index (κ3) is 2.33. The summed E-state index contributed by atoms with van der Waals surface area (Å²) >= 11 is 5.93. The zero-order valence-corrected chi connectivity index (χ0v) is 13.4. The molecule has 118 valence electrons. The molecule has 0 aliphatic carbocycles. The molecule has 4 rings (SSSR count). The van der Waals surface area contributed by atoms with Crippen molar-refractivity contribution in [3.05, 3.63) is 58.6 Å². The molecule has 1 saturated heterocycles. The minimum atomic E-state index is -0.643. The molecule has 2 amide bonds. The number of carbonyl (C=O) groups excluding carboxylic acids is 1. The van der Waals surface area contributed by atoms with Gasteiger partial charge < -0.3 is 10.1 Å². The largest absolute Gasteiger partial charge is 0.493 e. The minimum Gasteiger partial charge on any atom is -0.493 e. The fourth-order valence-corrected chi connectivity index (χ4v) is 3.20. The van der Waals surface area contributed by atoms with Gasteiger partial charge in [0, 0.05) is 17.0 Å². The summed E-state index contributed by atoms with van der Waals surface area (Å²) in [6, 6.07) is 13.0. The number of amides is 2. The Labute approximate surface area is 139 Å². The average Bonchev–Trinajstić information content (AvgIpc) is 2.86. The molecule has 2 aliphatic rings. The van der Waals surface area contributed by atoms with Crippen molar-refractivity contribution in [2.45, 2.75) is 19.0 Å². The van der Waals surface area contributed by atoms with Gasteiger partial charge in [0.05, 0.1) is 12.3 Å². The summed E-state index contributed by atoms with van der Waals surface area (Å²) in [5.74, 6) is 0.799. The van der Waals surface area contributed by atoms with Crippen LogP contribution in [-0.4, -0.2) is 12.6 Å². The summed E-state index contributed by atoms with van der Waals surface area (Å²) in [7, 11) is 0. The summed E-state index contributed by atoms with van der Waals surface area (Å²) in [6.07, 6.45) is 0.652. The van der Waals surface area contributed by atoms with Crippen molar-refractivity contribution in [2.75, 3.05) is 11.6 Å². The summed E-state index contributed by atoms with van der Waals surface area (Å²) in [5.41, 5.74) is 5.49. The van der Waals surface area contributed by atoms with Crippen LogP contribution in [0.4, 0.5) is 10.5 Å². The summed E-state index contributed by atoms with van der Waals surface area (Å²) < 4.78 is 5.73. The van der Waals surface area contributed by atoms with Crippen molar-refractivity contribution in [1.29, 1.82) is 0 Å². The van der Waals surface area contributed by atoms with Crippen LogP contribution in [0.2, 0.25) is 5.02 Å². The molecule has 2 N–H and O–H groups in total. The first-order chi connectivity index (χ1) is 11.1. The van der Waals surface area contributed by atoms with Gasteiger partial charge in [-0.05, 0) is 43.3 Å². The van der Waals surface area contributed by atoms with Crippen molar-refractivity contribution in [3.8, 4) is 5.75 Å². The normalized spacial score (nSPS) is 22.7. The van der Waals surface area contributed by atoms with Gasteiger partial charge >= 0.3 is 6.03 Å². The van der Waals surface area contributed by atoms with E-state index in [0.29, 0.717) is 18.1 Å². The monoisotopic (exact) mass is 329 g/mol. The number of ether oxygens (including phenoxy) is 1. The van der Waals surface area contributed by atoms with Crippen LogP contribution in [0.1, 0.15) is 17.5 Å². The van der Waals surface area contributed by atoms with Gasteiger partial charge in [-0.1, -0.05) is 23.2 Å². The molecule has 2 heterocycles. The van der Waals surface area contributed by atoms with Crippen LogP contribution in [-0.2, 0) is 5.66 Å². The first kappa shape index (κ1) is 14.4. The zero-order valence-electron chi connectivity index (χ0n) is 12.6. The molecule has 0 bridgehead atoms. The number of hydrazine groups is 1. The standard InChI is InChI=1S/C17H16ClN3O2/c1-11-2-7-15-14(10-11)17(8-9-23-15)19-16(22)21(20-17)13-5-3-12(18)4-6-13/h2-7,10,20H,8-9H2,1H3,(H,19,22). The van der Waals surface area contributed by atoms with Crippen LogP contribution in [0.3, 0.4) is 0 Å². The molecule has 2 aromatic rings. The number of hydrogen-bond donors (Lipinski definition) is 2. The number of nitrogens with one attached hydrogen (secondary N) is 2. The van der Waals surface area contributed by atoms with Crippen molar-refractivity contribution in [2.24, 2.45) is 0 Å². The van der Waals surface area contributed by atoms with E-state index < -0.39 is 5.66 Å². The van der Waals surface area contributed by atoms with E-state index in [1.165, 1.54) is 5.01 Å². The average molecular weight is 330 g/mol. The lowest BCUT2D eigenvalue weighted by Crippen LogP contribution is -2.51. The number of nitrogens with zero attached hydrogens (tertiary/aromatic N) is 1. The number of rotatable bonds is 1. The topological polar surface area (TPSA) is 53.6 Å². The van der Waals surface area contributed by atoms with Crippen LogP contribution in [0.25, 0.3) is 0 Å². The van der Waals surface area contributed by atoms with Crippen molar-refractivity contribution >= 4 is 23.3 Å². The fraction of sp³-hybridized carbons (Fsp3) is 0.235. The van der Waals surface area contributed by atoms with E-state index in [1.54, 1.807) is 12.1 Å². The van der Waals surface area contributed by atoms with Crippen LogP contribution >= 0.6 is 11.6 Å². The molecule has 0 aromatic heterocycles. The number of halogens is 1. The molecule has 1 unspecified atom stereocenters. The van der Waals surface area contributed by atoms with E-state index in [1.807, 2.05) is 37.3 Å². The summed E-state index contributed by atoms with van der Waals surface area (Å²) in [5, 5.41) is 5.23. The van der Waals surface area contributed by atoms with E-state index in [2.05, 4.69) is 10.7 Å². The number of fused-ring (bicyclic) bond motifs is 2. The Bertz CT molecular complexity index is 778. The van der Waals surface area contributed by atoms with E-state index in [4.69, 9.17) is 16.3 Å². The van der Waals surface area contributed by atoms with Crippen LogP contribution in [0.15, 0.2) is 42.5 Å². The number of hydrogen-bond acceptors (Lipinski definition) is 3. The third-order valence-corrected chi connectivity index (χ3v) is 4.49. The zero-order chi connectivity index (χ0) is 16.0. The summed E-state index contributed by atoms with van der Waals surface area (Å²) in [4.78, 5) is 12.5. The lowest BCUT2D eigenvalue weighted by molar-refractivity contribution is 0.182. The Hall–Kier alpha value is -2.24. The van der Waals surface area contributed by atoms with Crippen molar-refractivity contribution in [3.63, 3.8) is 0 Å². The maximum Gasteiger partial charge on any atom is 0.338 e. The molecule has 2 aliphatic heterocycles. The molecule has 1 atom stereocenters.